The molecule has 47 heavy (non-hydrogen) atoms. The number of fused-ring (bicyclic) bond motifs is 1. The highest BCUT2D eigenvalue weighted by molar-refractivity contribution is 6.00. The fourth-order valence-corrected chi connectivity index (χ4v) is 5.96. The number of ether oxygens (including phenoxy) is 1. The van der Waals surface area contributed by atoms with Gasteiger partial charge in [0, 0.05) is 42.8 Å². The lowest BCUT2D eigenvalue weighted by molar-refractivity contribution is -0.128. The fourth-order valence-electron chi connectivity index (χ4n) is 5.96. The molecule has 2 aliphatic heterocycles. The number of carbonyl (C=O) groups is 3. The number of aryl methyl sites for hydroxylation is 1. The summed E-state index contributed by atoms with van der Waals surface area (Å²) in [5.74, 6) is -0.445. The van der Waals surface area contributed by atoms with Crippen LogP contribution < -0.4 is 20.9 Å². The number of morpholine rings is 1. The maximum absolute atomic E-state index is 14.0. The molecule has 3 aromatic carbocycles. The maximum atomic E-state index is 14.0. The number of carbonyl (C=O) groups excluding carboxylic acids is 3. The Hall–Kier alpha value is -4.29. The van der Waals surface area contributed by atoms with E-state index in [1.165, 1.54) is 0 Å². The molecule has 11 nitrogen and oxygen atoms in total. The maximum Gasteiger partial charge on any atom is 0.322 e. The smallest absolute Gasteiger partial charge is 0.322 e. The van der Waals surface area contributed by atoms with Crippen molar-refractivity contribution in [1.29, 1.82) is 0 Å². The number of rotatable bonds is 11. The van der Waals surface area contributed by atoms with Crippen LogP contribution in [0.2, 0.25) is 0 Å². The molecule has 2 heterocycles. The lowest BCUT2D eigenvalue weighted by atomic mass is 9.99. The summed E-state index contributed by atoms with van der Waals surface area (Å²) in [6, 6.07) is 22.6. The quantitative estimate of drug-likeness (QED) is 0.216. The molecule has 2 atom stereocenters. The Balaban J connectivity index is 1.29. The van der Waals surface area contributed by atoms with E-state index in [2.05, 4.69) is 16.0 Å². The monoisotopic (exact) mass is 643 g/mol. The topological polar surface area (TPSA) is 143 Å². The van der Waals surface area contributed by atoms with Crippen molar-refractivity contribution < 1.29 is 29.3 Å². The molecule has 0 bridgehead atoms. The first kappa shape index (κ1) is 34.1. The molecule has 0 unspecified atom stereocenters. The third-order valence-electron chi connectivity index (χ3n) is 8.59. The number of amides is 4. The number of hydrogen-bond acceptors (Lipinski definition) is 7. The van der Waals surface area contributed by atoms with Crippen LogP contribution in [0.15, 0.2) is 72.8 Å². The number of nitrogens with one attached hydrogen (secondary N) is 3. The molecule has 0 aliphatic carbocycles. The SMILES string of the molecule is CC(C)(CC(=O)N[C@@H]1CCc2ccccc2N(Cc2ccc(-c3ccccc3NC(=O)N3CCOCC3)cc2)C1=O)NC[C@H](O)CO. The number of hydrogen-bond donors (Lipinski definition) is 5. The van der Waals surface area contributed by atoms with Crippen molar-refractivity contribution >= 4 is 29.2 Å². The van der Waals surface area contributed by atoms with Crippen molar-refractivity contribution in [2.75, 3.05) is 49.7 Å². The van der Waals surface area contributed by atoms with Gasteiger partial charge in [0.05, 0.1) is 38.2 Å². The second-order valence-electron chi connectivity index (χ2n) is 12.8. The van der Waals surface area contributed by atoms with Gasteiger partial charge in [0.1, 0.15) is 6.04 Å². The van der Waals surface area contributed by atoms with Crippen LogP contribution in [0.5, 0.6) is 0 Å². The van der Waals surface area contributed by atoms with Crippen molar-refractivity contribution in [3.63, 3.8) is 0 Å². The van der Waals surface area contributed by atoms with E-state index in [0.29, 0.717) is 45.7 Å². The third-order valence-corrected chi connectivity index (χ3v) is 8.59. The summed E-state index contributed by atoms with van der Waals surface area (Å²) < 4.78 is 5.37. The van der Waals surface area contributed by atoms with Crippen LogP contribution in [0.3, 0.4) is 0 Å². The summed E-state index contributed by atoms with van der Waals surface area (Å²) in [6.07, 6.45) is 0.288. The van der Waals surface area contributed by atoms with Gasteiger partial charge in [-0.3, -0.25) is 9.59 Å². The lowest BCUT2D eigenvalue weighted by Gasteiger charge is -2.29. The molecule has 3 aromatic rings. The first-order chi connectivity index (χ1) is 22.6. The molecular weight excluding hydrogens is 598 g/mol. The van der Waals surface area contributed by atoms with Gasteiger partial charge in [0.2, 0.25) is 11.8 Å². The molecule has 0 radical (unpaired) electrons. The van der Waals surface area contributed by atoms with Gasteiger partial charge in [-0.25, -0.2) is 4.79 Å². The van der Waals surface area contributed by atoms with E-state index in [4.69, 9.17) is 9.84 Å². The Bertz CT molecular complexity index is 1540. The zero-order valence-corrected chi connectivity index (χ0v) is 27.1. The average molecular weight is 644 g/mol. The summed E-state index contributed by atoms with van der Waals surface area (Å²) in [6.45, 7) is 5.95. The standard InChI is InChI=1S/C36H45N5O6/c1-36(2,37-22-28(43)24-42)21-33(44)38-31-16-15-27-7-3-6-10-32(27)41(34(31)45)23-25-11-13-26(14-12-25)29-8-4-5-9-30(29)39-35(46)40-17-19-47-20-18-40/h3-14,28,31,37,42-43H,15-24H2,1-2H3,(H,38,44)(H,39,46)/t28-,31+/m0/s1. The Morgan fingerprint density at radius 1 is 1.00 bits per heavy atom. The van der Waals surface area contributed by atoms with Crippen LogP contribution in [0, 0.1) is 0 Å². The number of anilines is 2. The second kappa shape index (κ2) is 15.5. The van der Waals surface area contributed by atoms with Gasteiger partial charge < -0.3 is 40.7 Å². The van der Waals surface area contributed by atoms with Crippen molar-refractivity contribution in [2.24, 2.45) is 0 Å². The Kier molecular flexibility index (Phi) is 11.3. The molecule has 250 valence electrons. The third kappa shape index (κ3) is 8.95. The molecule has 5 rings (SSSR count). The Labute approximate surface area is 275 Å². The van der Waals surface area contributed by atoms with Gasteiger partial charge in [-0.15, -0.1) is 0 Å². The van der Waals surface area contributed by atoms with E-state index in [1.807, 2.05) is 86.6 Å². The normalized spacial score (nSPS) is 17.4. The lowest BCUT2D eigenvalue weighted by Crippen LogP contribution is -2.51. The van der Waals surface area contributed by atoms with Crippen LogP contribution in [0.25, 0.3) is 11.1 Å². The van der Waals surface area contributed by atoms with Crippen LogP contribution in [0.1, 0.15) is 37.8 Å². The molecule has 5 N–H and O–H groups in total. The molecule has 0 spiro atoms. The predicted octanol–water partition coefficient (Wildman–Crippen LogP) is 3.29. The highest BCUT2D eigenvalue weighted by Crippen LogP contribution is 2.31. The van der Waals surface area contributed by atoms with E-state index >= 15 is 0 Å². The number of benzene rings is 3. The highest BCUT2D eigenvalue weighted by atomic mass is 16.5. The van der Waals surface area contributed by atoms with Gasteiger partial charge >= 0.3 is 6.03 Å². The first-order valence-electron chi connectivity index (χ1n) is 16.2. The van der Waals surface area contributed by atoms with Crippen molar-refractivity contribution in [3.8, 4) is 11.1 Å². The van der Waals surface area contributed by atoms with Gasteiger partial charge in [0.25, 0.3) is 0 Å². The minimum atomic E-state index is -0.919. The number of β-amino-alcohol motifs (C(OH)–C–C–N with tert-alkyl or cyclic N) is 1. The molecule has 4 amide bonds. The van der Waals surface area contributed by atoms with Crippen molar-refractivity contribution in [3.05, 3.63) is 83.9 Å². The number of urea groups is 1. The zero-order chi connectivity index (χ0) is 33.4. The molecule has 0 saturated carbocycles. The predicted molar refractivity (Wildman–Crippen MR) is 181 cm³/mol. The van der Waals surface area contributed by atoms with Gasteiger partial charge in [-0.2, -0.15) is 0 Å². The van der Waals surface area contributed by atoms with Crippen molar-refractivity contribution in [2.45, 2.75) is 57.3 Å². The van der Waals surface area contributed by atoms with Crippen LogP contribution in [0.4, 0.5) is 16.2 Å². The fraction of sp³-hybridized carbons (Fsp3) is 0.417. The van der Waals surface area contributed by atoms with E-state index in [0.717, 1.165) is 33.6 Å². The molecular formula is C36H45N5O6. The van der Waals surface area contributed by atoms with Crippen LogP contribution in [-0.4, -0.2) is 90.1 Å². The van der Waals surface area contributed by atoms with E-state index in [9.17, 15) is 19.5 Å². The minimum absolute atomic E-state index is 0.0950. The largest absolute Gasteiger partial charge is 0.394 e. The second-order valence-corrected chi connectivity index (χ2v) is 12.8. The molecule has 11 heteroatoms. The van der Waals surface area contributed by atoms with Crippen LogP contribution in [-0.2, 0) is 27.3 Å². The summed E-state index contributed by atoms with van der Waals surface area (Å²) in [5.41, 5.74) is 4.68. The van der Waals surface area contributed by atoms with E-state index in [1.54, 1.807) is 9.80 Å². The summed E-state index contributed by atoms with van der Waals surface area (Å²) >= 11 is 0. The van der Waals surface area contributed by atoms with Crippen molar-refractivity contribution in [1.82, 2.24) is 15.5 Å². The zero-order valence-electron chi connectivity index (χ0n) is 27.1. The number of aliphatic hydroxyl groups excluding tert-OH is 2. The highest BCUT2D eigenvalue weighted by Gasteiger charge is 2.33. The summed E-state index contributed by atoms with van der Waals surface area (Å²) in [4.78, 5) is 43.5. The number of para-hydroxylation sites is 2. The molecule has 0 aromatic heterocycles. The number of aliphatic hydroxyl groups is 2. The molecule has 1 saturated heterocycles. The van der Waals surface area contributed by atoms with E-state index < -0.39 is 17.7 Å². The Morgan fingerprint density at radius 2 is 1.70 bits per heavy atom. The van der Waals surface area contributed by atoms with E-state index in [-0.39, 0.29) is 37.4 Å². The summed E-state index contributed by atoms with van der Waals surface area (Å²) in [7, 11) is 0. The number of nitrogens with zero attached hydrogens (tertiary/aromatic N) is 2. The van der Waals surface area contributed by atoms with Crippen LogP contribution >= 0.6 is 0 Å². The van der Waals surface area contributed by atoms with Gasteiger partial charge in [-0.1, -0.05) is 60.7 Å². The van der Waals surface area contributed by atoms with Gasteiger partial charge in [-0.05, 0) is 55.5 Å². The minimum Gasteiger partial charge on any atom is -0.394 e. The van der Waals surface area contributed by atoms with Gasteiger partial charge in [0.15, 0.2) is 0 Å². The summed E-state index contributed by atoms with van der Waals surface area (Å²) in [5, 5.41) is 27.9. The average Bonchev–Trinajstić information content (AvgIpc) is 3.20. The molecule has 1 fully saturated rings. The first-order valence-corrected chi connectivity index (χ1v) is 16.2. The Morgan fingerprint density at radius 3 is 2.45 bits per heavy atom. The molecule has 2 aliphatic rings.